The van der Waals surface area contributed by atoms with Crippen LogP contribution in [0.4, 0.5) is 0 Å². The van der Waals surface area contributed by atoms with Crippen LogP contribution in [0.25, 0.3) is 0 Å². The number of rotatable bonds is 3. The fraction of sp³-hybridized carbons (Fsp3) is 0.562. The van der Waals surface area contributed by atoms with Crippen molar-refractivity contribution in [3.63, 3.8) is 0 Å². The van der Waals surface area contributed by atoms with Crippen LogP contribution in [-0.2, 0) is 11.2 Å². The highest BCUT2D eigenvalue weighted by molar-refractivity contribution is 5.70. The number of nitrogens with zero attached hydrogens (tertiary/aromatic N) is 1. The van der Waals surface area contributed by atoms with Gasteiger partial charge in [-0.3, -0.25) is 9.69 Å². The van der Waals surface area contributed by atoms with Gasteiger partial charge < -0.3 is 9.84 Å². The molecule has 1 aliphatic carbocycles. The molecule has 1 aliphatic heterocycles. The number of aryl methyl sites for hydroxylation is 1. The molecule has 4 heteroatoms. The van der Waals surface area contributed by atoms with E-state index in [1.54, 1.807) is 7.11 Å². The predicted octanol–water partition coefficient (Wildman–Crippen LogP) is 2.48. The molecule has 1 aromatic rings. The molecule has 20 heavy (non-hydrogen) atoms. The molecule has 1 N–H and O–H groups in total. The van der Waals surface area contributed by atoms with E-state index >= 15 is 0 Å². The predicted molar refractivity (Wildman–Crippen MR) is 76.0 cm³/mol. The lowest BCUT2D eigenvalue weighted by molar-refractivity contribution is -0.141. The number of ether oxygens (including phenoxy) is 1. The summed E-state index contributed by atoms with van der Waals surface area (Å²) in [5, 5.41) is 9.15. The monoisotopic (exact) mass is 275 g/mol. The average molecular weight is 275 g/mol. The minimum atomic E-state index is -0.654. The molecule has 2 aliphatic rings. The lowest BCUT2D eigenvalue weighted by Crippen LogP contribution is -2.30. The van der Waals surface area contributed by atoms with Gasteiger partial charge in [0.15, 0.2) is 0 Å². The molecule has 1 aromatic carbocycles. The summed E-state index contributed by atoms with van der Waals surface area (Å²) in [7, 11) is 1.69. The molecule has 108 valence electrons. The Kier molecular flexibility index (Phi) is 3.66. The molecular weight excluding hydrogens is 254 g/mol. The quantitative estimate of drug-likeness (QED) is 0.920. The van der Waals surface area contributed by atoms with E-state index in [0.29, 0.717) is 12.6 Å². The standard InChI is InChI=1S/C16H21NO3/c1-20-13-5-6-14-11(9-13)3-2-4-15(14)17-8-7-12(10-17)16(18)19/h5-6,9,12,15H,2-4,7-8,10H2,1H3,(H,18,19). The van der Waals surface area contributed by atoms with Crippen molar-refractivity contribution in [1.29, 1.82) is 0 Å². The molecule has 1 fully saturated rings. The average Bonchev–Trinajstić information content (AvgIpc) is 2.96. The van der Waals surface area contributed by atoms with Crippen LogP contribution in [0.5, 0.6) is 5.75 Å². The Hall–Kier alpha value is -1.55. The van der Waals surface area contributed by atoms with E-state index in [9.17, 15) is 4.79 Å². The minimum Gasteiger partial charge on any atom is -0.497 e. The molecule has 3 rings (SSSR count). The second kappa shape index (κ2) is 5.44. The van der Waals surface area contributed by atoms with Crippen LogP contribution >= 0.6 is 0 Å². The topological polar surface area (TPSA) is 49.8 Å². The summed E-state index contributed by atoms with van der Waals surface area (Å²) in [6, 6.07) is 6.69. The number of methoxy groups -OCH3 is 1. The highest BCUT2D eigenvalue weighted by Crippen LogP contribution is 2.38. The maximum absolute atomic E-state index is 11.1. The van der Waals surface area contributed by atoms with Crippen molar-refractivity contribution < 1.29 is 14.6 Å². The van der Waals surface area contributed by atoms with Gasteiger partial charge in [0.05, 0.1) is 13.0 Å². The van der Waals surface area contributed by atoms with E-state index < -0.39 is 5.97 Å². The molecule has 0 amide bonds. The SMILES string of the molecule is COc1ccc2c(c1)CCCC2N1CCC(C(=O)O)C1. The van der Waals surface area contributed by atoms with E-state index in [1.165, 1.54) is 17.5 Å². The third-order valence-corrected chi connectivity index (χ3v) is 4.64. The van der Waals surface area contributed by atoms with Crippen LogP contribution in [0.1, 0.15) is 36.4 Å². The molecule has 1 heterocycles. The first-order valence-corrected chi connectivity index (χ1v) is 7.32. The summed E-state index contributed by atoms with van der Waals surface area (Å²) < 4.78 is 5.30. The van der Waals surface area contributed by atoms with Crippen LogP contribution in [-0.4, -0.2) is 36.2 Å². The third kappa shape index (κ3) is 2.40. The Morgan fingerprint density at radius 1 is 1.40 bits per heavy atom. The Morgan fingerprint density at radius 3 is 2.95 bits per heavy atom. The fourth-order valence-corrected chi connectivity index (χ4v) is 3.54. The Bertz CT molecular complexity index is 514. The van der Waals surface area contributed by atoms with Gasteiger partial charge in [-0.05, 0) is 55.5 Å². The van der Waals surface area contributed by atoms with E-state index in [-0.39, 0.29) is 5.92 Å². The summed E-state index contributed by atoms with van der Waals surface area (Å²) >= 11 is 0. The number of hydrogen-bond acceptors (Lipinski definition) is 3. The van der Waals surface area contributed by atoms with E-state index in [1.807, 2.05) is 6.07 Å². The molecule has 0 bridgehead atoms. The first-order chi connectivity index (χ1) is 9.69. The second-order valence-electron chi connectivity index (χ2n) is 5.79. The summed E-state index contributed by atoms with van der Waals surface area (Å²) in [5.41, 5.74) is 2.72. The van der Waals surface area contributed by atoms with E-state index in [4.69, 9.17) is 9.84 Å². The highest BCUT2D eigenvalue weighted by Gasteiger charge is 2.34. The zero-order valence-electron chi connectivity index (χ0n) is 11.8. The molecule has 2 unspecified atom stereocenters. The number of benzene rings is 1. The van der Waals surface area contributed by atoms with Gasteiger partial charge in [-0.25, -0.2) is 0 Å². The Morgan fingerprint density at radius 2 is 2.25 bits per heavy atom. The normalized spacial score (nSPS) is 26.2. The minimum absolute atomic E-state index is 0.196. The number of carboxylic acid groups (broad SMARTS) is 1. The largest absolute Gasteiger partial charge is 0.497 e. The second-order valence-corrected chi connectivity index (χ2v) is 5.79. The first-order valence-electron chi connectivity index (χ1n) is 7.32. The fourth-order valence-electron chi connectivity index (χ4n) is 3.54. The molecule has 0 saturated carbocycles. The number of carbonyl (C=O) groups is 1. The van der Waals surface area contributed by atoms with Crippen molar-refractivity contribution in [3.05, 3.63) is 29.3 Å². The number of aliphatic carboxylic acids is 1. The van der Waals surface area contributed by atoms with Crippen molar-refractivity contribution >= 4 is 5.97 Å². The van der Waals surface area contributed by atoms with Crippen molar-refractivity contribution in [1.82, 2.24) is 4.90 Å². The third-order valence-electron chi connectivity index (χ3n) is 4.64. The molecule has 0 spiro atoms. The van der Waals surface area contributed by atoms with Gasteiger partial charge in [-0.2, -0.15) is 0 Å². The van der Waals surface area contributed by atoms with Crippen LogP contribution in [0.2, 0.25) is 0 Å². The van der Waals surface area contributed by atoms with Crippen molar-refractivity contribution in [2.75, 3.05) is 20.2 Å². The van der Waals surface area contributed by atoms with Crippen molar-refractivity contribution in [2.24, 2.45) is 5.92 Å². The summed E-state index contributed by atoms with van der Waals surface area (Å²) in [4.78, 5) is 13.5. The molecule has 0 radical (unpaired) electrons. The zero-order valence-corrected chi connectivity index (χ0v) is 11.8. The van der Waals surface area contributed by atoms with Gasteiger partial charge in [-0.15, -0.1) is 0 Å². The van der Waals surface area contributed by atoms with Gasteiger partial charge in [-0.1, -0.05) is 6.07 Å². The Labute approximate surface area is 119 Å². The maximum Gasteiger partial charge on any atom is 0.307 e. The van der Waals surface area contributed by atoms with Crippen LogP contribution in [0.15, 0.2) is 18.2 Å². The van der Waals surface area contributed by atoms with E-state index in [0.717, 1.165) is 31.6 Å². The summed E-state index contributed by atoms with van der Waals surface area (Å²) in [6.07, 6.45) is 4.17. The smallest absolute Gasteiger partial charge is 0.307 e. The summed E-state index contributed by atoms with van der Waals surface area (Å²) in [5.74, 6) is 0.0612. The molecule has 2 atom stereocenters. The summed E-state index contributed by atoms with van der Waals surface area (Å²) in [6.45, 7) is 1.58. The first kappa shape index (κ1) is 13.4. The van der Waals surface area contributed by atoms with Gasteiger partial charge in [0.1, 0.15) is 5.75 Å². The highest BCUT2D eigenvalue weighted by atomic mass is 16.5. The van der Waals surface area contributed by atoms with Gasteiger partial charge in [0.2, 0.25) is 0 Å². The molecule has 1 saturated heterocycles. The lowest BCUT2D eigenvalue weighted by atomic mass is 9.86. The Balaban J connectivity index is 1.82. The number of fused-ring (bicyclic) bond motifs is 1. The van der Waals surface area contributed by atoms with Gasteiger partial charge in [0.25, 0.3) is 0 Å². The van der Waals surface area contributed by atoms with Crippen LogP contribution in [0, 0.1) is 5.92 Å². The van der Waals surface area contributed by atoms with Gasteiger partial charge >= 0.3 is 5.97 Å². The van der Waals surface area contributed by atoms with Crippen LogP contribution < -0.4 is 4.74 Å². The molecular formula is C16H21NO3. The van der Waals surface area contributed by atoms with Gasteiger partial charge in [0, 0.05) is 12.6 Å². The van der Waals surface area contributed by atoms with Crippen molar-refractivity contribution in [2.45, 2.75) is 31.7 Å². The van der Waals surface area contributed by atoms with Crippen LogP contribution in [0.3, 0.4) is 0 Å². The van der Waals surface area contributed by atoms with E-state index in [2.05, 4.69) is 17.0 Å². The number of carboxylic acids is 1. The zero-order chi connectivity index (χ0) is 14.1. The maximum atomic E-state index is 11.1. The lowest BCUT2D eigenvalue weighted by Gasteiger charge is -2.33. The number of likely N-dealkylation sites (tertiary alicyclic amines) is 1. The molecule has 0 aromatic heterocycles. The molecule has 4 nitrogen and oxygen atoms in total. The van der Waals surface area contributed by atoms with Crippen molar-refractivity contribution in [3.8, 4) is 5.75 Å². The number of hydrogen-bond donors (Lipinski definition) is 1.